The quantitative estimate of drug-likeness (QED) is 0.652. The molecule has 190 valence electrons. The fourth-order valence-corrected chi connectivity index (χ4v) is 4.90. The molecule has 3 heterocycles. The number of hydrogen-bond acceptors (Lipinski definition) is 6. The van der Waals surface area contributed by atoms with Gasteiger partial charge in [0.1, 0.15) is 5.82 Å². The summed E-state index contributed by atoms with van der Waals surface area (Å²) in [6.45, 7) is 8.81. The second-order valence-corrected chi connectivity index (χ2v) is 9.81. The number of anilines is 1. The third-order valence-electron chi connectivity index (χ3n) is 7.14. The van der Waals surface area contributed by atoms with Crippen LogP contribution in [0.15, 0.2) is 70.6 Å². The molecule has 1 saturated heterocycles. The molecule has 1 N–H and O–H groups in total. The lowest BCUT2D eigenvalue weighted by Gasteiger charge is -2.32. The summed E-state index contributed by atoms with van der Waals surface area (Å²) in [7, 11) is 0. The Balaban J connectivity index is 1.25. The highest BCUT2D eigenvalue weighted by atomic mass is 16.5. The maximum atomic E-state index is 12.9. The summed E-state index contributed by atoms with van der Waals surface area (Å²) in [6.07, 6.45) is 7.04. The van der Waals surface area contributed by atoms with Gasteiger partial charge in [-0.05, 0) is 72.2 Å². The molecule has 0 bridgehead atoms. The minimum atomic E-state index is -0.359. The number of amides is 1. The predicted octanol–water partition coefficient (Wildman–Crippen LogP) is 3.78. The Morgan fingerprint density at radius 3 is 2.89 bits per heavy atom. The average molecular weight is 498 g/mol. The first-order valence-corrected chi connectivity index (χ1v) is 12.7. The molecular weight excluding hydrogens is 466 g/mol. The molecule has 0 spiro atoms. The van der Waals surface area contributed by atoms with E-state index >= 15 is 0 Å². The number of carbonyl (C=O) groups is 1. The van der Waals surface area contributed by atoms with Crippen LogP contribution in [-0.2, 0) is 11.3 Å². The highest BCUT2D eigenvalue weighted by Crippen LogP contribution is 2.33. The Morgan fingerprint density at radius 1 is 1.30 bits per heavy atom. The van der Waals surface area contributed by atoms with E-state index in [1.807, 2.05) is 19.1 Å². The zero-order valence-electron chi connectivity index (χ0n) is 21.1. The number of nitrogens with one attached hydrogen (secondary N) is 1. The van der Waals surface area contributed by atoms with Crippen molar-refractivity contribution in [2.24, 2.45) is 0 Å². The van der Waals surface area contributed by atoms with Crippen molar-refractivity contribution in [1.82, 2.24) is 15.1 Å². The number of nitriles is 1. The molecule has 8 heteroatoms. The van der Waals surface area contributed by atoms with Gasteiger partial charge in [0.05, 0.1) is 31.2 Å². The lowest BCUT2D eigenvalue weighted by molar-refractivity contribution is 0.0952. The van der Waals surface area contributed by atoms with Crippen molar-refractivity contribution < 1.29 is 9.53 Å². The molecule has 1 aromatic heterocycles. The average Bonchev–Trinajstić information content (AvgIpc) is 3.77. The van der Waals surface area contributed by atoms with Crippen LogP contribution >= 0.6 is 0 Å². The maximum Gasteiger partial charge on any atom is 0.267 e. The first-order valence-electron chi connectivity index (χ1n) is 12.7. The normalized spacial score (nSPS) is 21.4. The first-order chi connectivity index (χ1) is 18.0. The fourth-order valence-electron chi connectivity index (χ4n) is 4.90. The molecule has 5 rings (SSSR count). The molecule has 1 atom stereocenters. The molecule has 1 saturated carbocycles. The molecule has 1 amide bonds. The molecule has 1 aliphatic carbocycles. The number of allylic oxidation sites excluding steroid dienone is 1. The summed E-state index contributed by atoms with van der Waals surface area (Å²) in [5.41, 5.74) is 5.46. The molecule has 1 aromatic carbocycles. The number of hydrogen-bond donors (Lipinski definition) is 1. The number of piperidine rings is 1. The molecule has 2 fully saturated rings. The molecule has 3 aliphatic rings. The van der Waals surface area contributed by atoms with E-state index in [0.29, 0.717) is 31.9 Å². The second-order valence-electron chi connectivity index (χ2n) is 9.81. The van der Waals surface area contributed by atoms with Crippen LogP contribution in [-0.4, -0.2) is 41.9 Å². The van der Waals surface area contributed by atoms with Crippen LogP contribution in [0.1, 0.15) is 59.6 Å². The van der Waals surface area contributed by atoms with Gasteiger partial charge in [0, 0.05) is 31.3 Å². The molecular formula is C29H31N5O3. The van der Waals surface area contributed by atoms with Gasteiger partial charge in [-0.1, -0.05) is 24.8 Å². The lowest BCUT2D eigenvalue weighted by Crippen LogP contribution is -2.35. The van der Waals surface area contributed by atoms with E-state index in [1.54, 1.807) is 28.9 Å². The molecule has 2 aromatic rings. The van der Waals surface area contributed by atoms with Crippen molar-refractivity contribution in [3.05, 3.63) is 92.8 Å². The van der Waals surface area contributed by atoms with E-state index in [2.05, 4.69) is 34.0 Å². The SMILES string of the molecule is C=C(/C=C1/CN(c2ccc(=O)n(C3CC3)n2)CC/C1=C/C)CNC(=O)c1ccc2c(c1)C(C#N)COC2. The zero-order valence-corrected chi connectivity index (χ0v) is 21.1. The summed E-state index contributed by atoms with van der Waals surface area (Å²) in [6, 6.07) is 11.3. The highest BCUT2D eigenvalue weighted by molar-refractivity contribution is 5.94. The van der Waals surface area contributed by atoms with E-state index < -0.39 is 0 Å². The van der Waals surface area contributed by atoms with Gasteiger partial charge in [-0.2, -0.15) is 10.4 Å². The zero-order chi connectivity index (χ0) is 25.9. The topological polar surface area (TPSA) is 100 Å². The number of aromatic nitrogens is 2. The van der Waals surface area contributed by atoms with Gasteiger partial charge in [0.2, 0.25) is 0 Å². The highest BCUT2D eigenvalue weighted by Gasteiger charge is 2.27. The van der Waals surface area contributed by atoms with E-state index in [1.165, 1.54) is 5.57 Å². The van der Waals surface area contributed by atoms with Gasteiger partial charge in [0.15, 0.2) is 0 Å². The monoisotopic (exact) mass is 497 g/mol. The largest absolute Gasteiger partial charge is 0.375 e. The Hall–Kier alpha value is -3.96. The number of carbonyl (C=O) groups excluding carboxylic acids is 1. The standard InChI is InChI=1S/C29H31N5O3/c1-3-20-10-11-33(27-8-9-28(35)34(32-27)25-6-7-25)16-23(20)12-19(2)15-31-29(36)21-4-5-22-17-37-18-24(14-30)26(22)13-21/h3-5,8-9,12-13,24-25H,2,6-7,10-11,15-18H2,1H3,(H,31,36)/b20-3-,23-12-. The molecule has 8 nitrogen and oxygen atoms in total. The third-order valence-corrected chi connectivity index (χ3v) is 7.14. The maximum absolute atomic E-state index is 12.9. The van der Waals surface area contributed by atoms with Gasteiger partial charge in [0.25, 0.3) is 11.5 Å². The third kappa shape index (κ3) is 5.42. The van der Waals surface area contributed by atoms with Crippen molar-refractivity contribution in [2.75, 3.05) is 31.1 Å². The number of benzene rings is 1. The van der Waals surface area contributed by atoms with Crippen LogP contribution in [0.3, 0.4) is 0 Å². The van der Waals surface area contributed by atoms with Crippen molar-refractivity contribution in [3.63, 3.8) is 0 Å². The van der Waals surface area contributed by atoms with Gasteiger partial charge < -0.3 is 15.0 Å². The molecule has 0 radical (unpaired) electrons. The van der Waals surface area contributed by atoms with Crippen molar-refractivity contribution in [3.8, 4) is 6.07 Å². The summed E-state index contributed by atoms with van der Waals surface area (Å²) in [5.74, 6) is 0.247. The Kier molecular flexibility index (Phi) is 7.06. The fraction of sp³-hybridized carbons (Fsp3) is 0.379. The van der Waals surface area contributed by atoms with Crippen molar-refractivity contribution in [2.45, 2.75) is 44.8 Å². The number of fused-ring (bicyclic) bond motifs is 1. The van der Waals surface area contributed by atoms with E-state index in [-0.39, 0.29) is 23.4 Å². The Labute approximate surface area is 216 Å². The minimum absolute atomic E-state index is 0.0484. The van der Waals surface area contributed by atoms with Crippen LogP contribution in [0, 0.1) is 11.3 Å². The van der Waals surface area contributed by atoms with Crippen LogP contribution in [0.25, 0.3) is 0 Å². The van der Waals surface area contributed by atoms with Gasteiger partial charge in [-0.3, -0.25) is 9.59 Å². The summed E-state index contributed by atoms with van der Waals surface area (Å²) in [4.78, 5) is 27.2. The van der Waals surface area contributed by atoms with E-state index in [9.17, 15) is 14.9 Å². The first kappa shape index (κ1) is 24.7. The molecule has 2 aliphatic heterocycles. The lowest BCUT2D eigenvalue weighted by atomic mass is 9.92. The summed E-state index contributed by atoms with van der Waals surface area (Å²) >= 11 is 0. The van der Waals surface area contributed by atoms with Crippen LogP contribution in [0.4, 0.5) is 5.82 Å². The smallest absolute Gasteiger partial charge is 0.267 e. The van der Waals surface area contributed by atoms with Gasteiger partial charge >= 0.3 is 0 Å². The van der Waals surface area contributed by atoms with E-state index in [4.69, 9.17) is 4.74 Å². The van der Waals surface area contributed by atoms with Gasteiger partial charge in [-0.15, -0.1) is 0 Å². The molecule has 37 heavy (non-hydrogen) atoms. The molecule has 1 unspecified atom stereocenters. The van der Waals surface area contributed by atoms with Crippen molar-refractivity contribution >= 4 is 11.7 Å². The van der Waals surface area contributed by atoms with E-state index in [0.717, 1.165) is 53.9 Å². The van der Waals surface area contributed by atoms with Gasteiger partial charge in [-0.25, -0.2) is 4.68 Å². The van der Waals surface area contributed by atoms with Crippen LogP contribution < -0.4 is 15.8 Å². The Morgan fingerprint density at radius 2 is 2.14 bits per heavy atom. The van der Waals surface area contributed by atoms with Crippen LogP contribution in [0.2, 0.25) is 0 Å². The summed E-state index contributed by atoms with van der Waals surface area (Å²) < 4.78 is 7.08. The second kappa shape index (κ2) is 10.6. The number of ether oxygens (including phenoxy) is 1. The Bertz CT molecular complexity index is 1390. The van der Waals surface area contributed by atoms with Crippen LogP contribution in [0.5, 0.6) is 0 Å². The minimum Gasteiger partial charge on any atom is -0.375 e. The predicted molar refractivity (Wildman–Crippen MR) is 141 cm³/mol. The van der Waals surface area contributed by atoms with Crippen molar-refractivity contribution in [1.29, 1.82) is 5.26 Å². The number of nitrogens with zero attached hydrogens (tertiary/aromatic N) is 4. The number of rotatable bonds is 6. The summed E-state index contributed by atoms with van der Waals surface area (Å²) in [5, 5.41) is 17.0.